The van der Waals surface area contributed by atoms with E-state index in [1.54, 1.807) is 11.8 Å². The Bertz CT molecular complexity index is 677. The zero-order chi connectivity index (χ0) is 15.9. The fraction of sp³-hybridized carbons (Fsp3) is 0.143. The number of nitrogens with zero attached hydrogens (tertiary/aromatic N) is 2. The van der Waals surface area contributed by atoms with Gasteiger partial charge in [0.05, 0.1) is 15.7 Å². The molecule has 0 fully saturated rings. The lowest BCUT2D eigenvalue weighted by Crippen LogP contribution is -2.14. The summed E-state index contributed by atoms with van der Waals surface area (Å²) in [6.45, 7) is 0. The molecule has 2 aromatic rings. The van der Waals surface area contributed by atoms with Crippen molar-refractivity contribution in [1.82, 2.24) is 4.98 Å². The number of pyridine rings is 1. The number of amides is 1. The molecule has 0 radical (unpaired) electrons. The summed E-state index contributed by atoms with van der Waals surface area (Å²) in [6.07, 6.45) is 3.15. The fourth-order valence-corrected chi connectivity index (χ4v) is 2.71. The average molecular weight is 335 g/mol. The lowest BCUT2D eigenvalue weighted by Gasteiger charge is -2.06. The van der Waals surface area contributed by atoms with Gasteiger partial charge in [0.25, 0.3) is 5.69 Å². The predicted molar refractivity (Wildman–Crippen MR) is 88.5 cm³/mol. The van der Waals surface area contributed by atoms with Crippen LogP contribution in [-0.4, -0.2) is 27.8 Å². The molecule has 1 heterocycles. The van der Waals surface area contributed by atoms with Crippen LogP contribution in [0.15, 0.2) is 52.5 Å². The van der Waals surface area contributed by atoms with Crippen LogP contribution in [-0.2, 0) is 4.79 Å². The first kappa shape index (κ1) is 16.3. The molecule has 0 aliphatic heterocycles. The highest BCUT2D eigenvalue weighted by molar-refractivity contribution is 8.00. The van der Waals surface area contributed by atoms with Gasteiger partial charge >= 0.3 is 0 Å². The van der Waals surface area contributed by atoms with Crippen LogP contribution in [0.4, 0.5) is 11.4 Å². The van der Waals surface area contributed by atoms with E-state index >= 15 is 0 Å². The maximum Gasteiger partial charge on any atom is 0.287 e. The van der Waals surface area contributed by atoms with Gasteiger partial charge in [-0.05, 0) is 30.5 Å². The first-order valence-electron chi connectivity index (χ1n) is 6.25. The largest absolute Gasteiger partial charge is 0.325 e. The summed E-state index contributed by atoms with van der Waals surface area (Å²) >= 11 is 2.83. The van der Waals surface area contributed by atoms with E-state index in [9.17, 15) is 14.9 Å². The standard InChI is InChI=1S/C14H13N3O3S2/c1-21-12-4-2-3-10(7-12)16-13(18)9-22-14-6-5-11(8-15-14)17(19)20/h2-8H,9H2,1H3,(H,16,18). The van der Waals surface area contributed by atoms with Gasteiger partial charge in [0.2, 0.25) is 5.91 Å². The van der Waals surface area contributed by atoms with Crippen LogP contribution in [0.25, 0.3) is 0 Å². The molecule has 0 aliphatic carbocycles. The third-order valence-corrected chi connectivity index (χ3v) is 4.31. The highest BCUT2D eigenvalue weighted by Crippen LogP contribution is 2.21. The summed E-state index contributed by atoms with van der Waals surface area (Å²) in [5.74, 6) is 0.0392. The highest BCUT2D eigenvalue weighted by atomic mass is 32.2. The lowest BCUT2D eigenvalue weighted by atomic mass is 10.3. The minimum Gasteiger partial charge on any atom is -0.325 e. The second kappa shape index (κ2) is 7.81. The molecular weight excluding hydrogens is 322 g/mol. The molecule has 0 bridgehead atoms. The van der Waals surface area contributed by atoms with Crippen molar-refractivity contribution < 1.29 is 9.72 Å². The molecule has 0 aliphatic rings. The molecular formula is C14H13N3O3S2. The average Bonchev–Trinajstić information content (AvgIpc) is 2.53. The normalized spacial score (nSPS) is 10.2. The monoisotopic (exact) mass is 335 g/mol. The van der Waals surface area contributed by atoms with E-state index in [1.165, 1.54) is 30.1 Å². The number of nitro groups is 1. The van der Waals surface area contributed by atoms with Gasteiger partial charge in [0.15, 0.2) is 0 Å². The molecule has 0 saturated carbocycles. The SMILES string of the molecule is CSc1cccc(NC(=O)CSc2ccc([N+](=O)[O-])cn2)c1. The van der Waals surface area contributed by atoms with Gasteiger partial charge in [-0.25, -0.2) is 4.98 Å². The van der Waals surface area contributed by atoms with Crippen LogP contribution >= 0.6 is 23.5 Å². The number of carbonyl (C=O) groups is 1. The molecule has 0 atom stereocenters. The van der Waals surface area contributed by atoms with Crippen LogP contribution in [0.5, 0.6) is 0 Å². The van der Waals surface area contributed by atoms with Crippen molar-refractivity contribution in [3.63, 3.8) is 0 Å². The molecule has 6 nitrogen and oxygen atoms in total. The summed E-state index contributed by atoms with van der Waals surface area (Å²) in [4.78, 5) is 26.9. The number of thioether (sulfide) groups is 2. The molecule has 0 saturated heterocycles. The summed E-state index contributed by atoms with van der Waals surface area (Å²) in [6, 6.07) is 10.5. The van der Waals surface area contributed by atoms with Crippen molar-refractivity contribution in [3.05, 3.63) is 52.7 Å². The van der Waals surface area contributed by atoms with E-state index in [2.05, 4.69) is 10.3 Å². The molecule has 8 heteroatoms. The van der Waals surface area contributed by atoms with Crippen molar-refractivity contribution in [1.29, 1.82) is 0 Å². The van der Waals surface area contributed by atoms with Gasteiger partial charge < -0.3 is 5.32 Å². The number of benzene rings is 1. The zero-order valence-electron chi connectivity index (χ0n) is 11.7. The molecule has 0 spiro atoms. The van der Waals surface area contributed by atoms with E-state index in [1.807, 2.05) is 30.5 Å². The quantitative estimate of drug-likeness (QED) is 0.494. The first-order chi connectivity index (χ1) is 10.6. The Morgan fingerprint density at radius 1 is 1.36 bits per heavy atom. The van der Waals surface area contributed by atoms with Crippen LogP contribution in [0.1, 0.15) is 0 Å². The number of aromatic nitrogens is 1. The third-order valence-electron chi connectivity index (χ3n) is 2.64. The Labute approximate surface area is 135 Å². The van der Waals surface area contributed by atoms with Gasteiger partial charge in [-0.2, -0.15) is 0 Å². The van der Waals surface area contributed by atoms with Crippen molar-refractivity contribution in [2.45, 2.75) is 9.92 Å². The van der Waals surface area contributed by atoms with E-state index in [4.69, 9.17) is 0 Å². The van der Waals surface area contributed by atoms with E-state index < -0.39 is 4.92 Å². The third kappa shape index (κ3) is 4.74. The second-order valence-corrected chi connectivity index (χ2v) is 6.06. The van der Waals surface area contributed by atoms with Gasteiger partial charge in [-0.1, -0.05) is 17.8 Å². The molecule has 1 aromatic carbocycles. The van der Waals surface area contributed by atoms with E-state index in [-0.39, 0.29) is 17.3 Å². The van der Waals surface area contributed by atoms with E-state index in [0.29, 0.717) is 5.03 Å². The summed E-state index contributed by atoms with van der Waals surface area (Å²) in [5.41, 5.74) is 0.678. The number of rotatable bonds is 6. The number of nitrogens with one attached hydrogen (secondary N) is 1. The lowest BCUT2D eigenvalue weighted by molar-refractivity contribution is -0.385. The molecule has 0 unspecified atom stereocenters. The fourth-order valence-electron chi connectivity index (χ4n) is 1.60. The number of anilines is 1. The maximum atomic E-state index is 11.9. The van der Waals surface area contributed by atoms with Crippen LogP contribution in [0, 0.1) is 10.1 Å². The summed E-state index contributed by atoms with van der Waals surface area (Å²) in [5, 5.41) is 13.9. The van der Waals surface area contributed by atoms with Gasteiger partial charge in [-0.15, -0.1) is 11.8 Å². The van der Waals surface area contributed by atoms with Crippen molar-refractivity contribution >= 4 is 40.8 Å². The van der Waals surface area contributed by atoms with Gasteiger partial charge in [0, 0.05) is 16.6 Å². The smallest absolute Gasteiger partial charge is 0.287 e. The van der Waals surface area contributed by atoms with Crippen molar-refractivity contribution in [3.8, 4) is 0 Å². The Morgan fingerprint density at radius 2 is 2.18 bits per heavy atom. The Hall–Kier alpha value is -2.06. The molecule has 1 amide bonds. The molecule has 22 heavy (non-hydrogen) atoms. The van der Waals surface area contributed by atoms with Crippen molar-refractivity contribution in [2.24, 2.45) is 0 Å². The number of hydrogen-bond acceptors (Lipinski definition) is 6. The maximum absolute atomic E-state index is 11.9. The Kier molecular flexibility index (Phi) is 5.79. The first-order valence-corrected chi connectivity index (χ1v) is 8.46. The highest BCUT2D eigenvalue weighted by Gasteiger charge is 2.08. The number of hydrogen-bond donors (Lipinski definition) is 1. The molecule has 1 aromatic heterocycles. The Morgan fingerprint density at radius 3 is 2.82 bits per heavy atom. The van der Waals surface area contributed by atoms with Crippen LogP contribution < -0.4 is 5.32 Å². The van der Waals surface area contributed by atoms with E-state index in [0.717, 1.165) is 10.6 Å². The predicted octanol–water partition coefficient (Wildman–Crippen LogP) is 3.44. The minimum absolute atomic E-state index is 0.0670. The summed E-state index contributed by atoms with van der Waals surface area (Å²) in [7, 11) is 0. The Balaban J connectivity index is 1.88. The van der Waals surface area contributed by atoms with Crippen molar-refractivity contribution in [2.75, 3.05) is 17.3 Å². The van der Waals surface area contributed by atoms with Crippen LogP contribution in [0.3, 0.4) is 0 Å². The van der Waals surface area contributed by atoms with Crippen LogP contribution in [0.2, 0.25) is 0 Å². The molecule has 114 valence electrons. The molecule has 2 rings (SSSR count). The van der Waals surface area contributed by atoms with Gasteiger partial charge in [0.1, 0.15) is 6.20 Å². The molecule has 1 N–H and O–H groups in total. The van der Waals surface area contributed by atoms with Gasteiger partial charge in [-0.3, -0.25) is 14.9 Å². The second-order valence-electron chi connectivity index (χ2n) is 4.18. The summed E-state index contributed by atoms with van der Waals surface area (Å²) < 4.78 is 0. The minimum atomic E-state index is -0.507. The zero-order valence-corrected chi connectivity index (χ0v) is 13.3. The number of carbonyl (C=O) groups excluding carboxylic acids is 1. The topological polar surface area (TPSA) is 85.1 Å².